The molecule has 0 unspecified atom stereocenters. The van der Waals surface area contributed by atoms with Crippen molar-refractivity contribution in [3.05, 3.63) is 59.9 Å². The average molecular weight is 333 g/mol. The number of imidazole rings is 1. The topological polar surface area (TPSA) is 51.3 Å². The zero-order valence-electron chi connectivity index (χ0n) is 13.9. The Kier molecular flexibility index (Phi) is 3.26. The third kappa shape index (κ3) is 2.38. The van der Waals surface area contributed by atoms with E-state index < -0.39 is 0 Å². The molecule has 5 rings (SSSR count). The van der Waals surface area contributed by atoms with Gasteiger partial charge in [0.2, 0.25) is 0 Å². The lowest BCUT2D eigenvalue weighted by molar-refractivity contribution is 0.0963. The standard InChI is InChI=1S/C20H19N3O2/c24-20(18-4-3-11-25-18)23-10-8-15-12-14(6-7-17(15)23)16-13-22-9-2-1-5-19(22)21-16/h3-4,6-7,11-13H,1-2,5,8-10H2. The molecule has 25 heavy (non-hydrogen) atoms. The van der Waals surface area contributed by atoms with E-state index in [2.05, 4.69) is 22.9 Å². The van der Waals surface area contributed by atoms with Crippen LogP contribution in [0.4, 0.5) is 5.69 Å². The van der Waals surface area contributed by atoms with Gasteiger partial charge in [-0.15, -0.1) is 0 Å². The quantitative estimate of drug-likeness (QED) is 0.719. The summed E-state index contributed by atoms with van der Waals surface area (Å²) in [5, 5.41) is 0. The van der Waals surface area contributed by atoms with Crippen LogP contribution < -0.4 is 4.90 Å². The molecule has 1 amide bonds. The fraction of sp³-hybridized carbons (Fsp3) is 0.300. The van der Waals surface area contributed by atoms with Crippen LogP contribution in [-0.2, 0) is 19.4 Å². The van der Waals surface area contributed by atoms with Gasteiger partial charge in [0.05, 0.1) is 12.0 Å². The second kappa shape index (κ2) is 5.62. The molecule has 126 valence electrons. The maximum atomic E-state index is 12.6. The predicted octanol–water partition coefficient (Wildman–Crippen LogP) is 3.68. The van der Waals surface area contributed by atoms with E-state index in [9.17, 15) is 4.79 Å². The molecule has 0 radical (unpaired) electrons. The first-order valence-corrected chi connectivity index (χ1v) is 8.84. The highest BCUT2D eigenvalue weighted by Gasteiger charge is 2.27. The van der Waals surface area contributed by atoms with Gasteiger partial charge in [-0.1, -0.05) is 6.07 Å². The number of hydrogen-bond acceptors (Lipinski definition) is 3. The van der Waals surface area contributed by atoms with E-state index in [1.165, 1.54) is 30.5 Å². The first-order chi connectivity index (χ1) is 12.3. The summed E-state index contributed by atoms with van der Waals surface area (Å²) in [5.74, 6) is 1.50. The van der Waals surface area contributed by atoms with E-state index in [1.807, 2.05) is 6.07 Å². The Balaban J connectivity index is 1.47. The lowest BCUT2D eigenvalue weighted by atomic mass is 10.1. The Hall–Kier alpha value is -2.82. The van der Waals surface area contributed by atoms with Gasteiger partial charge >= 0.3 is 0 Å². The van der Waals surface area contributed by atoms with Gasteiger partial charge in [0, 0.05) is 37.0 Å². The van der Waals surface area contributed by atoms with Crippen LogP contribution in [0.3, 0.4) is 0 Å². The van der Waals surface area contributed by atoms with Gasteiger partial charge in [-0.3, -0.25) is 4.79 Å². The van der Waals surface area contributed by atoms with Crippen LogP contribution >= 0.6 is 0 Å². The fourth-order valence-corrected chi connectivity index (χ4v) is 3.86. The largest absolute Gasteiger partial charge is 0.459 e. The van der Waals surface area contributed by atoms with Crippen LogP contribution in [0.5, 0.6) is 0 Å². The number of carbonyl (C=O) groups excluding carboxylic acids is 1. The molecular formula is C20H19N3O2. The summed E-state index contributed by atoms with van der Waals surface area (Å²) in [6.07, 6.45) is 8.09. The normalized spacial score (nSPS) is 15.9. The monoisotopic (exact) mass is 333 g/mol. The number of aromatic nitrogens is 2. The number of amides is 1. The van der Waals surface area contributed by atoms with Crippen LogP contribution in [-0.4, -0.2) is 22.0 Å². The van der Waals surface area contributed by atoms with Gasteiger partial charge in [0.25, 0.3) is 5.91 Å². The van der Waals surface area contributed by atoms with Crippen LogP contribution in [0, 0.1) is 0 Å². The van der Waals surface area contributed by atoms with Crippen LogP contribution in [0.1, 0.15) is 34.8 Å². The fourth-order valence-electron chi connectivity index (χ4n) is 3.86. The lowest BCUT2D eigenvalue weighted by Crippen LogP contribution is -2.28. The predicted molar refractivity (Wildman–Crippen MR) is 94.7 cm³/mol. The molecule has 0 aliphatic carbocycles. The molecule has 2 aliphatic rings. The van der Waals surface area contributed by atoms with Crippen molar-refractivity contribution in [2.24, 2.45) is 0 Å². The van der Waals surface area contributed by atoms with Gasteiger partial charge in [0.1, 0.15) is 5.82 Å². The van der Waals surface area contributed by atoms with Gasteiger partial charge in [-0.25, -0.2) is 4.98 Å². The van der Waals surface area contributed by atoms with Gasteiger partial charge in [-0.2, -0.15) is 0 Å². The van der Waals surface area contributed by atoms with Crippen molar-refractivity contribution >= 4 is 11.6 Å². The van der Waals surface area contributed by atoms with Crippen molar-refractivity contribution in [1.82, 2.24) is 9.55 Å². The lowest BCUT2D eigenvalue weighted by Gasteiger charge is -2.15. The third-order valence-electron chi connectivity index (χ3n) is 5.16. The summed E-state index contributed by atoms with van der Waals surface area (Å²) >= 11 is 0. The van der Waals surface area contributed by atoms with Crippen molar-refractivity contribution in [2.75, 3.05) is 11.4 Å². The molecule has 2 aliphatic heterocycles. The molecule has 0 spiro atoms. The first kappa shape index (κ1) is 14.5. The molecule has 0 bridgehead atoms. The maximum absolute atomic E-state index is 12.6. The van der Waals surface area contributed by atoms with Crippen molar-refractivity contribution in [3.8, 4) is 11.3 Å². The van der Waals surface area contributed by atoms with Crippen molar-refractivity contribution in [1.29, 1.82) is 0 Å². The SMILES string of the molecule is O=C(c1ccco1)N1CCc2cc(-c3cn4c(n3)CCCC4)ccc21. The number of hydrogen-bond donors (Lipinski definition) is 0. The van der Waals surface area contributed by atoms with Gasteiger partial charge < -0.3 is 13.9 Å². The van der Waals surface area contributed by atoms with E-state index in [-0.39, 0.29) is 5.91 Å². The number of aryl methyl sites for hydroxylation is 2. The Bertz CT molecular complexity index is 917. The zero-order chi connectivity index (χ0) is 16.8. The third-order valence-corrected chi connectivity index (χ3v) is 5.16. The smallest absolute Gasteiger partial charge is 0.293 e. The van der Waals surface area contributed by atoms with Crippen molar-refractivity contribution in [3.63, 3.8) is 0 Å². The Morgan fingerprint density at radius 1 is 1.12 bits per heavy atom. The Morgan fingerprint density at radius 3 is 2.92 bits per heavy atom. The number of rotatable bonds is 2. The molecule has 0 atom stereocenters. The molecule has 3 aromatic rings. The highest BCUT2D eigenvalue weighted by molar-refractivity contribution is 6.05. The van der Waals surface area contributed by atoms with E-state index in [0.717, 1.165) is 36.3 Å². The number of nitrogens with zero attached hydrogens (tertiary/aromatic N) is 3. The molecule has 4 heterocycles. The van der Waals surface area contributed by atoms with Crippen molar-refractivity contribution in [2.45, 2.75) is 32.2 Å². The molecule has 0 saturated carbocycles. The summed E-state index contributed by atoms with van der Waals surface area (Å²) in [7, 11) is 0. The second-order valence-electron chi connectivity index (χ2n) is 6.72. The molecule has 2 aromatic heterocycles. The molecule has 5 nitrogen and oxygen atoms in total. The number of carbonyl (C=O) groups is 1. The highest BCUT2D eigenvalue weighted by atomic mass is 16.3. The van der Waals surface area contributed by atoms with E-state index in [0.29, 0.717) is 12.3 Å². The number of furan rings is 1. The maximum Gasteiger partial charge on any atom is 0.293 e. The minimum absolute atomic E-state index is 0.0750. The highest BCUT2D eigenvalue weighted by Crippen LogP contribution is 2.33. The minimum Gasteiger partial charge on any atom is -0.459 e. The first-order valence-electron chi connectivity index (χ1n) is 8.84. The summed E-state index contributed by atoms with van der Waals surface area (Å²) in [5.41, 5.74) is 4.35. The average Bonchev–Trinajstić information content (AvgIpc) is 3.38. The van der Waals surface area contributed by atoms with E-state index in [1.54, 1.807) is 17.0 Å². The summed E-state index contributed by atoms with van der Waals surface area (Å²) in [4.78, 5) is 19.2. The molecule has 0 saturated heterocycles. The van der Waals surface area contributed by atoms with Crippen LogP contribution in [0.2, 0.25) is 0 Å². The molecule has 1 aromatic carbocycles. The minimum atomic E-state index is -0.0750. The number of fused-ring (bicyclic) bond motifs is 2. The molecular weight excluding hydrogens is 314 g/mol. The van der Waals surface area contributed by atoms with Gasteiger partial charge in [0.15, 0.2) is 5.76 Å². The molecule has 0 fully saturated rings. The Morgan fingerprint density at radius 2 is 2.08 bits per heavy atom. The summed E-state index contributed by atoms with van der Waals surface area (Å²) < 4.78 is 7.53. The van der Waals surface area contributed by atoms with E-state index in [4.69, 9.17) is 9.40 Å². The summed E-state index contributed by atoms with van der Waals surface area (Å²) in [6.45, 7) is 1.76. The van der Waals surface area contributed by atoms with Crippen molar-refractivity contribution < 1.29 is 9.21 Å². The molecule has 0 N–H and O–H groups in total. The zero-order valence-corrected chi connectivity index (χ0v) is 13.9. The second-order valence-corrected chi connectivity index (χ2v) is 6.72. The molecule has 5 heteroatoms. The van der Waals surface area contributed by atoms with Crippen LogP contribution in [0.15, 0.2) is 47.2 Å². The van der Waals surface area contributed by atoms with Gasteiger partial charge in [-0.05, 0) is 49.1 Å². The Labute approximate surface area is 145 Å². The summed E-state index contributed by atoms with van der Waals surface area (Å²) in [6, 6.07) is 9.75. The number of anilines is 1. The van der Waals surface area contributed by atoms with E-state index >= 15 is 0 Å². The number of benzene rings is 1. The van der Waals surface area contributed by atoms with Crippen LogP contribution in [0.25, 0.3) is 11.3 Å².